The van der Waals surface area contributed by atoms with Crippen LogP contribution in [0.25, 0.3) is 0 Å². The zero-order valence-electron chi connectivity index (χ0n) is 9.93. The summed E-state index contributed by atoms with van der Waals surface area (Å²) in [5.74, 6) is 1.11. The number of fused-ring (bicyclic) bond motifs is 1. The second kappa shape index (κ2) is 3.80. The van der Waals surface area contributed by atoms with Crippen molar-refractivity contribution < 1.29 is 0 Å². The lowest BCUT2D eigenvalue weighted by Gasteiger charge is -2.30. The van der Waals surface area contributed by atoms with Crippen LogP contribution in [0.5, 0.6) is 0 Å². The third-order valence-electron chi connectivity index (χ3n) is 3.27. The number of imidazole rings is 1. The van der Waals surface area contributed by atoms with Gasteiger partial charge in [0.05, 0.1) is 17.9 Å². The fourth-order valence-electron chi connectivity index (χ4n) is 2.31. The molecule has 0 saturated heterocycles. The number of aryl methyl sites for hydroxylation is 1. The molecule has 0 radical (unpaired) electrons. The first kappa shape index (κ1) is 10.2. The summed E-state index contributed by atoms with van der Waals surface area (Å²) < 4.78 is 2.20. The number of hydrogen-bond donors (Lipinski definition) is 1. The number of nitrogen functional groups attached to an aromatic ring is 1. The highest BCUT2D eigenvalue weighted by Gasteiger charge is 2.18. The van der Waals surface area contributed by atoms with Crippen molar-refractivity contribution in [1.29, 1.82) is 0 Å². The molecule has 0 aliphatic carbocycles. The summed E-state index contributed by atoms with van der Waals surface area (Å²) in [5.41, 5.74) is 9.25. The van der Waals surface area contributed by atoms with Crippen molar-refractivity contribution in [3.8, 4) is 0 Å². The Labute approximate surface area is 101 Å². The molecule has 1 aromatic carbocycles. The lowest BCUT2D eigenvalue weighted by Crippen LogP contribution is -2.34. The van der Waals surface area contributed by atoms with Crippen molar-refractivity contribution in [2.24, 2.45) is 0 Å². The molecule has 0 saturated carbocycles. The summed E-state index contributed by atoms with van der Waals surface area (Å²) in [4.78, 5) is 6.66. The van der Waals surface area contributed by atoms with Crippen LogP contribution in [0.2, 0.25) is 0 Å². The predicted molar refractivity (Wildman–Crippen MR) is 68.9 cm³/mol. The Balaban J connectivity index is 1.94. The van der Waals surface area contributed by atoms with E-state index in [4.69, 9.17) is 5.73 Å². The van der Waals surface area contributed by atoms with Crippen molar-refractivity contribution in [2.45, 2.75) is 20.0 Å². The smallest absolute Gasteiger partial charge is 0.128 e. The van der Waals surface area contributed by atoms with E-state index in [9.17, 15) is 0 Å². The second-order valence-corrected chi connectivity index (χ2v) is 4.52. The zero-order valence-corrected chi connectivity index (χ0v) is 9.93. The maximum Gasteiger partial charge on any atom is 0.128 e. The molecule has 1 aliphatic rings. The van der Waals surface area contributed by atoms with Gasteiger partial charge in [0.25, 0.3) is 0 Å². The van der Waals surface area contributed by atoms with E-state index >= 15 is 0 Å². The molecule has 17 heavy (non-hydrogen) atoms. The normalized spacial score (nSPS) is 14.8. The summed E-state index contributed by atoms with van der Waals surface area (Å²) in [6, 6.07) is 6.17. The van der Waals surface area contributed by atoms with E-state index in [0.29, 0.717) is 0 Å². The molecule has 2 N–H and O–H groups in total. The number of anilines is 2. The molecule has 4 nitrogen and oxygen atoms in total. The quantitative estimate of drug-likeness (QED) is 0.757. The first-order valence-corrected chi connectivity index (χ1v) is 5.85. The number of nitrogens with zero attached hydrogens (tertiary/aromatic N) is 3. The molecule has 0 atom stereocenters. The topological polar surface area (TPSA) is 47.1 Å². The number of rotatable bonds is 1. The Kier molecular flexibility index (Phi) is 2.28. The fraction of sp³-hybridized carbons (Fsp3) is 0.308. The Morgan fingerprint density at radius 3 is 3.06 bits per heavy atom. The van der Waals surface area contributed by atoms with Crippen LogP contribution >= 0.6 is 0 Å². The van der Waals surface area contributed by atoms with Gasteiger partial charge in [-0.25, -0.2) is 4.98 Å². The van der Waals surface area contributed by atoms with Gasteiger partial charge in [-0.15, -0.1) is 0 Å². The molecule has 1 aromatic heterocycles. The third-order valence-corrected chi connectivity index (χ3v) is 3.27. The molecule has 3 rings (SSSR count). The average Bonchev–Trinajstić information content (AvgIpc) is 2.79. The molecular formula is C13H16N4. The Bertz CT molecular complexity index is 544. The highest BCUT2D eigenvalue weighted by molar-refractivity contribution is 5.68. The second-order valence-electron chi connectivity index (χ2n) is 4.52. The molecular weight excluding hydrogens is 212 g/mol. The van der Waals surface area contributed by atoms with Crippen molar-refractivity contribution in [3.05, 3.63) is 42.0 Å². The summed E-state index contributed by atoms with van der Waals surface area (Å²) in [7, 11) is 0. The summed E-state index contributed by atoms with van der Waals surface area (Å²) >= 11 is 0. The third kappa shape index (κ3) is 1.75. The van der Waals surface area contributed by atoms with Crippen molar-refractivity contribution in [3.63, 3.8) is 0 Å². The van der Waals surface area contributed by atoms with E-state index in [1.165, 1.54) is 5.56 Å². The van der Waals surface area contributed by atoms with Crippen LogP contribution in [0.15, 0.2) is 30.6 Å². The van der Waals surface area contributed by atoms with Gasteiger partial charge in [-0.05, 0) is 24.6 Å². The van der Waals surface area contributed by atoms with Gasteiger partial charge >= 0.3 is 0 Å². The van der Waals surface area contributed by atoms with Crippen LogP contribution in [-0.4, -0.2) is 16.1 Å². The molecule has 0 bridgehead atoms. The lowest BCUT2D eigenvalue weighted by molar-refractivity contribution is 0.560. The molecule has 1 aliphatic heterocycles. The largest absolute Gasteiger partial charge is 0.397 e. The highest BCUT2D eigenvalue weighted by atomic mass is 15.2. The standard InChI is InChI=1S/C13H16N4/c1-10-2-3-11(14)12(8-10)17-7-6-16-5-4-15-13(16)9-17/h2-5,8H,6-7,9,14H2,1H3. The predicted octanol–water partition coefficient (Wildman–Crippen LogP) is 1.79. The summed E-state index contributed by atoms with van der Waals surface area (Å²) in [5, 5.41) is 0. The number of aromatic nitrogens is 2. The van der Waals surface area contributed by atoms with E-state index in [1.54, 1.807) is 0 Å². The maximum absolute atomic E-state index is 6.05. The minimum atomic E-state index is 0.834. The SMILES string of the molecule is Cc1ccc(N)c(N2CCn3ccnc3C2)c1. The van der Waals surface area contributed by atoms with Crippen molar-refractivity contribution >= 4 is 11.4 Å². The molecule has 2 heterocycles. The van der Waals surface area contributed by atoms with Gasteiger partial charge in [-0.2, -0.15) is 0 Å². The van der Waals surface area contributed by atoms with E-state index in [1.807, 2.05) is 24.5 Å². The Morgan fingerprint density at radius 1 is 1.29 bits per heavy atom. The number of hydrogen-bond acceptors (Lipinski definition) is 3. The van der Waals surface area contributed by atoms with Gasteiger partial charge < -0.3 is 15.2 Å². The minimum absolute atomic E-state index is 0.834. The van der Waals surface area contributed by atoms with Gasteiger partial charge in [-0.1, -0.05) is 6.07 Å². The maximum atomic E-state index is 6.05. The number of benzene rings is 1. The lowest BCUT2D eigenvalue weighted by atomic mass is 10.1. The molecule has 88 valence electrons. The molecule has 2 aromatic rings. The molecule has 0 amide bonds. The Hall–Kier alpha value is -1.97. The van der Waals surface area contributed by atoms with Crippen molar-refractivity contribution in [2.75, 3.05) is 17.2 Å². The van der Waals surface area contributed by atoms with Crippen LogP contribution in [-0.2, 0) is 13.1 Å². The van der Waals surface area contributed by atoms with E-state index < -0.39 is 0 Å². The van der Waals surface area contributed by atoms with E-state index in [0.717, 1.165) is 36.8 Å². The molecule has 0 spiro atoms. The van der Waals surface area contributed by atoms with Gasteiger partial charge in [0.15, 0.2) is 0 Å². The summed E-state index contributed by atoms with van der Waals surface area (Å²) in [6.07, 6.45) is 3.89. The first-order chi connectivity index (χ1) is 8.24. The minimum Gasteiger partial charge on any atom is -0.397 e. The van der Waals surface area contributed by atoms with Crippen LogP contribution in [0.4, 0.5) is 11.4 Å². The zero-order chi connectivity index (χ0) is 11.8. The average molecular weight is 228 g/mol. The van der Waals surface area contributed by atoms with Crippen LogP contribution in [0, 0.1) is 6.92 Å². The molecule has 4 heteroatoms. The van der Waals surface area contributed by atoms with E-state index in [-0.39, 0.29) is 0 Å². The van der Waals surface area contributed by atoms with Gasteiger partial charge in [0.2, 0.25) is 0 Å². The van der Waals surface area contributed by atoms with Crippen LogP contribution < -0.4 is 10.6 Å². The highest BCUT2D eigenvalue weighted by Crippen LogP contribution is 2.27. The fourth-order valence-corrected chi connectivity index (χ4v) is 2.31. The van der Waals surface area contributed by atoms with Crippen LogP contribution in [0.1, 0.15) is 11.4 Å². The van der Waals surface area contributed by atoms with Gasteiger partial charge in [0, 0.05) is 25.5 Å². The van der Waals surface area contributed by atoms with Crippen LogP contribution in [0.3, 0.4) is 0 Å². The van der Waals surface area contributed by atoms with E-state index in [2.05, 4.69) is 27.4 Å². The number of nitrogens with two attached hydrogens (primary N) is 1. The summed E-state index contributed by atoms with van der Waals surface area (Å²) in [6.45, 7) is 4.88. The van der Waals surface area contributed by atoms with Gasteiger partial charge in [0.1, 0.15) is 5.82 Å². The monoisotopic (exact) mass is 228 g/mol. The van der Waals surface area contributed by atoms with Gasteiger partial charge in [-0.3, -0.25) is 0 Å². The molecule has 0 fully saturated rings. The Morgan fingerprint density at radius 2 is 2.18 bits per heavy atom. The van der Waals surface area contributed by atoms with Crippen molar-refractivity contribution in [1.82, 2.24) is 9.55 Å². The first-order valence-electron chi connectivity index (χ1n) is 5.85. The molecule has 0 unspecified atom stereocenters.